The number of hydrogen-bond donors (Lipinski definition) is 4. The summed E-state index contributed by atoms with van der Waals surface area (Å²) in [5, 5.41) is 11.1. The standard InChI is InChI=1S/C27H30F3N7O3/c1-36(2)25(40)22(38)18-7-4-5-8-20(18)34-23-19(27(28,29)30)15-31-26(35-23)33-17-12-10-16(11-13-17)32-24(39)21-9-6-14-37(21)3/h4-5,7-8,10-13,21,34H,6,9,14-15H2,1-3H3,(H,32,39)(H2,31,33,35)/t21-/m0/s1. The van der Waals surface area contributed by atoms with Gasteiger partial charge in [0.25, 0.3) is 11.7 Å². The van der Waals surface area contributed by atoms with Crippen molar-refractivity contribution in [3.63, 3.8) is 0 Å². The number of benzene rings is 2. The molecule has 2 aliphatic rings. The van der Waals surface area contributed by atoms with Gasteiger partial charge in [-0.05, 0) is 62.8 Å². The summed E-state index contributed by atoms with van der Waals surface area (Å²) in [5.41, 5.74) is 0.0830. The Morgan fingerprint density at radius 1 is 1.02 bits per heavy atom. The van der Waals surface area contributed by atoms with Crippen LogP contribution in [-0.2, 0) is 9.59 Å². The molecule has 2 amide bonds. The Bertz CT molecular complexity index is 1350. The van der Waals surface area contributed by atoms with Gasteiger partial charge in [-0.2, -0.15) is 13.2 Å². The Morgan fingerprint density at radius 3 is 2.33 bits per heavy atom. The molecule has 1 atom stereocenters. The second-order valence-corrected chi connectivity index (χ2v) is 9.67. The van der Waals surface area contributed by atoms with E-state index in [9.17, 15) is 27.6 Å². The normalized spacial score (nSPS) is 17.6. The third-order valence-corrected chi connectivity index (χ3v) is 6.55. The molecule has 0 spiro atoms. The number of aliphatic imine (C=N–C) groups is 1. The molecule has 0 aliphatic carbocycles. The van der Waals surface area contributed by atoms with Gasteiger partial charge in [0.1, 0.15) is 5.82 Å². The van der Waals surface area contributed by atoms with E-state index < -0.39 is 35.8 Å². The van der Waals surface area contributed by atoms with E-state index in [1.165, 1.54) is 38.4 Å². The maximum absolute atomic E-state index is 13.8. The molecule has 1 saturated heterocycles. The van der Waals surface area contributed by atoms with E-state index in [1.54, 1.807) is 24.3 Å². The maximum atomic E-state index is 13.8. The Morgan fingerprint density at radius 2 is 1.70 bits per heavy atom. The van der Waals surface area contributed by atoms with Gasteiger partial charge in [0.05, 0.1) is 29.4 Å². The minimum atomic E-state index is -4.71. The van der Waals surface area contributed by atoms with Gasteiger partial charge >= 0.3 is 6.18 Å². The molecule has 1 fully saturated rings. The minimum absolute atomic E-state index is 0.0289. The van der Waals surface area contributed by atoms with Gasteiger partial charge in [-0.15, -0.1) is 0 Å². The predicted octanol–water partition coefficient (Wildman–Crippen LogP) is 3.25. The number of alkyl halides is 3. The van der Waals surface area contributed by atoms with E-state index in [1.807, 2.05) is 11.9 Å². The number of anilines is 3. The molecule has 10 nitrogen and oxygen atoms in total. The van der Waals surface area contributed by atoms with Crippen LogP contribution in [0.3, 0.4) is 0 Å². The zero-order valence-corrected chi connectivity index (χ0v) is 22.2. The molecule has 2 aromatic rings. The Hall–Kier alpha value is -4.39. The number of carbonyl (C=O) groups is 3. The van der Waals surface area contributed by atoms with E-state index in [0.29, 0.717) is 11.4 Å². The molecule has 2 heterocycles. The smallest absolute Gasteiger partial charge is 0.342 e. The highest BCUT2D eigenvalue weighted by Crippen LogP contribution is 2.31. The van der Waals surface area contributed by atoms with Crippen molar-refractivity contribution in [1.82, 2.24) is 15.1 Å². The van der Waals surface area contributed by atoms with Crippen molar-refractivity contribution in [3.8, 4) is 0 Å². The fourth-order valence-corrected chi connectivity index (χ4v) is 4.36. The van der Waals surface area contributed by atoms with E-state index in [2.05, 4.69) is 26.3 Å². The first kappa shape index (κ1) is 28.6. The van der Waals surface area contributed by atoms with Crippen molar-refractivity contribution >= 4 is 40.6 Å². The number of nitrogens with one attached hydrogen (secondary N) is 4. The fourth-order valence-electron chi connectivity index (χ4n) is 4.36. The van der Waals surface area contributed by atoms with Gasteiger partial charge in [-0.3, -0.25) is 19.3 Å². The van der Waals surface area contributed by atoms with Gasteiger partial charge in [0.2, 0.25) is 11.9 Å². The molecule has 13 heteroatoms. The number of amides is 2. The second kappa shape index (κ2) is 11.8. The lowest BCUT2D eigenvalue weighted by Gasteiger charge is -2.25. The summed E-state index contributed by atoms with van der Waals surface area (Å²) >= 11 is 0. The van der Waals surface area contributed by atoms with Crippen molar-refractivity contribution in [2.75, 3.05) is 50.2 Å². The Labute approximate surface area is 229 Å². The SMILES string of the molecule is CN(C)C(=O)C(=O)c1ccccc1NC1=C(C(F)(F)F)CN=C(Nc2ccc(NC(=O)[C@@H]3CCCN3C)cc2)N1. The van der Waals surface area contributed by atoms with Crippen LogP contribution in [-0.4, -0.2) is 79.8 Å². The first-order valence-electron chi connectivity index (χ1n) is 12.6. The summed E-state index contributed by atoms with van der Waals surface area (Å²) in [6.07, 6.45) is -2.96. The third kappa shape index (κ3) is 6.60. The molecule has 0 radical (unpaired) electrons. The number of rotatable bonds is 7. The summed E-state index contributed by atoms with van der Waals surface area (Å²) in [7, 11) is 4.72. The number of carbonyl (C=O) groups excluding carboxylic acids is 3. The number of likely N-dealkylation sites (tertiary alicyclic amines) is 1. The van der Waals surface area contributed by atoms with Gasteiger partial charge in [-0.25, -0.2) is 4.99 Å². The van der Waals surface area contributed by atoms with Gasteiger partial charge in [0.15, 0.2) is 0 Å². The van der Waals surface area contributed by atoms with Crippen molar-refractivity contribution in [2.45, 2.75) is 25.1 Å². The lowest BCUT2D eigenvalue weighted by molar-refractivity contribution is -0.124. The molecule has 0 unspecified atom stereocenters. The molecule has 0 bridgehead atoms. The number of nitrogens with zero attached hydrogens (tertiary/aromatic N) is 3. The number of para-hydroxylation sites is 1. The van der Waals surface area contributed by atoms with Crippen LogP contribution in [0.4, 0.5) is 30.2 Å². The molecule has 40 heavy (non-hydrogen) atoms. The molecule has 2 aliphatic heterocycles. The number of Topliss-reactive ketones (excluding diaryl/α,β-unsaturated/α-hetero) is 1. The van der Waals surface area contributed by atoms with E-state index in [4.69, 9.17) is 0 Å². The Balaban J connectivity index is 1.48. The van der Waals surface area contributed by atoms with Crippen LogP contribution in [0.15, 0.2) is 64.9 Å². The van der Waals surface area contributed by atoms with Crippen LogP contribution in [0.25, 0.3) is 0 Å². The molecular formula is C27H30F3N7O3. The van der Waals surface area contributed by atoms with Crippen LogP contribution in [0.1, 0.15) is 23.2 Å². The molecule has 4 N–H and O–H groups in total. The van der Waals surface area contributed by atoms with Crippen LogP contribution in [0, 0.1) is 0 Å². The highest BCUT2D eigenvalue weighted by atomic mass is 19.4. The third-order valence-electron chi connectivity index (χ3n) is 6.55. The first-order valence-corrected chi connectivity index (χ1v) is 12.6. The number of halogens is 3. The fraction of sp³-hybridized carbons (Fsp3) is 0.333. The van der Waals surface area contributed by atoms with Gasteiger partial charge in [-0.1, -0.05) is 12.1 Å². The van der Waals surface area contributed by atoms with E-state index in [-0.39, 0.29) is 29.2 Å². The van der Waals surface area contributed by atoms with Crippen molar-refractivity contribution in [2.24, 2.45) is 4.99 Å². The molecule has 212 valence electrons. The molecular weight excluding hydrogens is 527 g/mol. The zero-order chi connectivity index (χ0) is 29.0. The number of likely N-dealkylation sites (N-methyl/N-ethyl adjacent to an activating group) is 2. The van der Waals surface area contributed by atoms with Crippen molar-refractivity contribution in [3.05, 3.63) is 65.5 Å². The van der Waals surface area contributed by atoms with Crippen molar-refractivity contribution < 1.29 is 27.6 Å². The first-order chi connectivity index (χ1) is 18.9. The quantitative estimate of drug-likeness (QED) is 0.305. The minimum Gasteiger partial charge on any atom is -0.342 e. The average Bonchev–Trinajstić information content (AvgIpc) is 3.34. The Kier molecular flexibility index (Phi) is 8.43. The average molecular weight is 558 g/mol. The van der Waals surface area contributed by atoms with Crippen LogP contribution in [0.2, 0.25) is 0 Å². The molecule has 0 aromatic heterocycles. The maximum Gasteiger partial charge on any atom is 0.417 e. The monoisotopic (exact) mass is 557 g/mol. The van der Waals surface area contributed by atoms with Gasteiger partial charge in [0, 0.05) is 25.5 Å². The zero-order valence-electron chi connectivity index (χ0n) is 22.2. The lowest BCUT2D eigenvalue weighted by Crippen LogP contribution is -2.40. The predicted molar refractivity (Wildman–Crippen MR) is 146 cm³/mol. The molecule has 4 rings (SSSR count). The summed E-state index contributed by atoms with van der Waals surface area (Å²) < 4.78 is 41.5. The second-order valence-electron chi connectivity index (χ2n) is 9.67. The number of hydrogen-bond acceptors (Lipinski definition) is 8. The topological polar surface area (TPSA) is 118 Å². The lowest BCUT2D eigenvalue weighted by atomic mass is 10.1. The summed E-state index contributed by atoms with van der Waals surface area (Å²) in [4.78, 5) is 44.5. The number of guanidine groups is 1. The van der Waals surface area contributed by atoms with Gasteiger partial charge < -0.3 is 26.2 Å². The summed E-state index contributed by atoms with van der Waals surface area (Å²) in [6.45, 7) is 0.185. The largest absolute Gasteiger partial charge is 0.417 e. The van der Waals surface area contributed by atoms with E-state index >= 15 is 0 Å². The van der Waals surface area contributed by atoms with E-state index in [0.717, 1.165) is 24.3 Å². The molecule has 0 saturated carbocycles. The summed E-state index contributed by atoms with van der Waals surface area (Å²) in [6, 6.07) is 12.3. The number of ketones is 1. The van der Waals surface area contributed by atoms with Crippen LogP contribution in [0.5, 0.6) is 0 Å². The van der Waals surface area contributed by atoms with Crippen LogP contribution >= 0.6 is 0 Å². The highest BCUT2D eigenvalue weighted by molar-refractivity contribution is 6.43. The molecule has 2 aromatic carbocycles. The van der Waals surface area contributed by atoms with Crippen molar-refractivity contribution in [1.29, 1.82) is 0 Å². The highest BCUT2D eigenvalue weighted by Gasteiger charge is 2.39. The van der Waals surface area contributed by atoms with Crippen LogP contribution < -0.4 is 21.3 Å². The summed E-state index contributed by atoms with van der Waals surface area (Å²) in [5.74, 6) is -2.16.